The fraction of sp³-hybridized carbons (Fsp3) is 0.174. The van der Waals surface area contributed by atoms with Crippen LogP contribution in [0.15, 0.2) is 48.5 Å². The lowest BCUT2D eigenvalue weighted by molar-refractivity contribution is 0.102. The fourth-order valence-corrected chi connectivity index (χ4v) is 3.74. The summed E-state index contributed by atoms with van der Waals surface area (Å²) in [5.74, 6) is 0.860. The summed E-state index contributed by atoms with van der Waals surface area (Å²) >= 11 is 0. The van der Waals surface area contributed by atoms with Gasteiger partial charge in [0.25, 0.3) is 5.91 Å². The maximum Gasteiger partial charge on any atom is 0.255 e. The van der Waals surface area contributed by atoms with E-state index in [2.05, 4.69) is 11.4 Å². The lowest BCUT2D eigenvalue weighted by Gasteiger charge is -2.26. The van der Waals surface area contributed by atoms with E-state index in [4.69, 9.17) is 14.9 Å². The number of carbonyl (C=O) groups is 1. The van der Waals surface area contributed by atoms with Crippen LogP contribution < -0.4 is 20.3 Å². The van der Waals surface area contributed by atoms with Crippen LogP contribution in [0.3, 0.4) is 0 Å². The molecule has 0 bridgehead atoms. The number of hydrogen-bond donors (Lipinski definition) is 2. The number of fused-ring (bicyclic) bond motifs is 3. The molecule has 1 aromatic heterocycles. The molecule has 0 spiro atoms. The molecule has 2 aromatic carbocycles. The molecule has 7 nitrogen and oxygen atoms in total. The highest BCUT2D eigenvalue weighted by Gasteiger charge is 2.24. The summed E-state index contributed by atoms with van der Waals surface area (Å²) in [4.78, 5) is 12.6. The Labute approximate surface area is 173 Å². The molecule has 1 amide bonds. The monoisotopic (exact) mass is 400 g/mol. The highest BCUT2D eigenvalue weighted by atomic mass is 16.5. The fourth-order valence-electron chi connectivity index (χ4n) is 3.74. The number of anilines is 1. The molecule has 30 heavy (non-hydrogen) atoms. The minimum Gasteiger partial charge on any atom is -0.493 e. The van der Waals surface area contributed by atoms with Gasteiger partial charge in [0.05, 0.1) is 31.2 Å². The number of aromatic nitrogens is 1. The van der Waals surface area contributed by atoms with Gasteiger partial charge in [-0.2, -0.15) is 5.26 Å². The highest BCUT2D eigenvalue weighted by molar-refractivity contribution is 6.04. The van der Waals surface area contributed by atoms with E-state index < -0.39 is 0 Å². The van der Waals surface area contributed by atoms with E-state index in [-0.39, 0.29) is 11.4 Å². The molecular weight excluding hydrogens is 380 g/mol. The lowest BCUT2D eigenvalue weighted by atomic mass is 9.93. The van der Waals surface area contributed by atoms with Crippen LogP contribution in [-0.4, -0.2) is 24.7 Å². The van der Waals surface area contributed by atoms with Crippen LogP contribution in [-0.2, 0) is 13.0 Å². The van der Waals surface area contributed by atoms with Gasteiger partial charge in [0.15, 0.2) is 11.5 Å². The van der Waals surface area contributed by atoms with Crippen molar-refractivity contribution >= 4 is 11.6 Å². The maximum atomic E-state index is 12.6. The lowest BCUT2D eigenvalue weighted by Crippen LogP contribution is -2.30. The number of nitrogens with one attached hydrogen (secondary N) is 2. The van der Waals surface area contributed by atoms with Gasteiger partial charge < -0.3 is 19.4 Å². The number of aryl methyl sites for hydroxylation is 1. The number of methoxy groups -OCH3 is 2. The SMILES string of the molecule is COc1cc2c(cc1OC)-c1c(C#N)cc(NC(=O)c3ccccc3)c(=N)n1CC2. The van der Waals surface area contributed by atoms with Crippen molar-refractivity contribution < 1.29 is 14.3 Å². The van der Waals surface area contributed by atoms with Crippen LogP contribution in [0.2, 0.25) is 0 Å². The van der Waals surface area contributed by atoms with Crippen LogP contribution in [0.4, 0.5) is 5.69 Å². The number of amides is 1. The van der Waals surface area contributed by atoms with Gasteiger partial charge in [-0.25, -0.2) is 0 Å². The van der Waals surface area contributed by atoms with Crippen LogP contribution in [0.25, 0.3) is 11.3 Å². The maximum absolute atomic E-state index is 12.6. The first-order valence-electron chi connectivity index (χ1n) is 9.41. The van der Waals surface area contributed by atoms with Crippen LogP contribution in [0, 0.1) is 16.7 Å². The molecule has 2 heterocycles. The molecule has 3 aromatic rings. The zero-order chi connectivity index (χ0) is 21.3. The summed E-state index contributed by atoms with van der Waals surface area (Å²) in [6.07, 6.45) is 0.667. The molecule has 150 valence electrons. The van der Waals surface area contributed by atoms with E-state index in [1.807, 2.05) is 18.2 Å². The summed E-state index contributed by atoms with van der Waals surface area (Å²) in [6, 6.07) is 16.3. The standard InChI is InChI=1S/C23H20N4O3/c1-29-19-11-15-8-9-27-21(17(15)12-20(19)30-2)16(13-24)10-18(22(27)25)26-23(28)14-6-4-3-5-7-14/h3-7,10-12,25H,8-9H2,1-2H3,(H,26,28). The Kier molecular flexibility index (Phi) is 4.98. The minimum absolute atomic E-state index is 0.147. The molecule has 0 radical (unpaired) electrons. The van der Waals surface area contributed by atoms with E-state index in [0.29, 0.717) is 47.0 Å². The zero-order valence-electron chi connectivity index (χ0n) is 16.7. The molecule has 0 fully saturated rings. The summed E-state index contributed by atoms with van der Waals surface area (Å²) in [6.45, 7) is 0.514. The summed E-state index contributed by atoms with van der Waals surface area (Å²) in [7, 11) is 3.14. The van der Waals surface area contributed by atoms with Crippen molar-refractivity contribution in [3.63, 3.8) is 0 Å². The van der Waals surface area contributed by atoms with Crippen molar-refractivity contribution in [3.8, 4) is 28.8 Å². The van der Waals surface area contributed by atoms with Gasteiger partial charge in [0.1, 0.15) is 11.6 Å². The van der Waals surface area contributed by atoms with Gasteiger partial charge in [-0.1, -0.05) is 18.2 Å². The largest absolute Gasteiger partial charge is 0.493 e. The number of nitriles is 1. The van der Waals surface area contributed by atoms with E-state index in [1.54, 1.807) is 49.1 Å². The van der Waals surface area contributed by atoms with Crippen molar-refractivity contribution in [1.82, 2.24) is 4.57 Å². The number of rotatable bonds is 4. The minimum atomic E-state index is -0.323. The van der Waals surface area contributed by atoms with E-state index in [1.165, 1.54) is 0 Å². The molecule has 1 aliphatic rings. The molecule has 0 unspecified atom stereocenters. The molecule has 2 N–H and O–H groups in total. The molecule has 4 rings (SSSR count). The Morgan fingerprint density at radius 1 is 1.13 bits per heavy atom. The highest BCUT2D eigenvalue weighted by Crippen LogP contribution is 2.39. The third-order valence-electron chi connectivity index (χ3n) is 5.21. The molecule has 0 saturated heterocycles. The zero-order valence-corrected chi connectivity index (χ0v) is 16.7. The van der Waals surface area contributed by atoms with Gasteiger partial charge in [-0.3, -0.25) is 10.2 Å². The van der Waals surface area contributed by atoms with Crippen molar-refractivity contribution in [2.45, 2.75) is 13.0 Å². The third kappa shape index (κ3) is 3.18. The Balaban J connectivity index is 1.84. The predicted molar refractivity (Wildman–Crippen MR) is 112 cm³/mol. The normalized spacial score (nSPS) is 11.6. The number of benzene rings is 2. The Morgan fingerprint density at radius 2 is 1.83 bits per heavy atom. The predicted octanol–water partition coefficient (Wildman–Crippen LogP) is 3.33. The van der Waals surface area contributed by atoms with Crippen LogP contribution >= 0.6 is 0 Å². The first-order valence-corrected chi connectivity index (χ1v) is 9.41. The van der Waals surface area contributed by atoms with E-state index in [0.717, 1.165) is 11.1 Å². The quantitative estimate of drug-likeness (QED) is 0.701. The Bertz CT molecular complexity index is 1240. The average Bonchev–Trinajstić information content (AvgIpc) is 2.79. The average molecular weight is 400 g/mol. The van der Waals surface area contributed by atoms with Crippen LogP contribution in [0.1, 0.15) is 21.5 Å². The number of pyridine rings is 1. The molecule has 0 saturated carbocycles. The van der Waals surface area contributed by atoms with Gasteiger partial charge in [-0.05, 0) is 42.3 Å². The topological polar surface area (TPSA) is 100 Å². The van der Waals surface area contributed by atoms with E-state index in [9.17, 15) is 10.1 Å². The first kappa shape index (κ1) is 19.3. The van der Waals surface area contributed by atoms with Crippen LogP contribution in [0.5, 0.6) is 11.5 Å². The number of carbonyl (C=O) groups excluding carboxylic acids is 1. The first-order chi connectivity index (χ1) is 14.6. The van der Waals surface area contributed by atoms with Crippen molar-refractivity contribution in [1.29, 1.82) is 10.7 Å². The van der Waals surface area contributed by atoms with E-state index >= 15 is 0 Å². The van der Waals surface area contributed by atoms with Crippen molar-refractivity contribution in [3.05, 3.63) is 70.7 Å². The Morgan fingerprint density at radius 3 is 2.50 bits per heavy atom. The molecule has 7 heteroatoms. The molecule has 0 atom stereocenters. The third-order valence-corrected chi connectivity index (χ3v) is 5.21. The second kappa shape index (κ2) is 7.76. The molecule has 1 aliphatic heterocycles. The molecule has 0 aliphatic carbocycles. The second-order valence-electron chi connectivity index (χ2n) is 6.87. The summed E-state index contributed by atoms with van der Waals surface area (Å²) < 4.78 is 12.6. The molecular formula is C23H20N4O3. The number of ether oxygens (including phenoxy) is 2. The van der Waals surface area contributed by atoms with Crippen molar-refractivity contribution in [2.75, 3.05) is 19.5 Å². The van der Waals surface area contributed by atoms with Gasteiger partial charge in [-0.15, -0.1) is 0 Å². The Hall–Kier alpha value is -4.05. The van der Waals surface area contributed by atoms with Gasteiger partial charge >= 0.3 is 0 Å². The number of nitrogens with zero attached hydrogens (tertiary/aromatic N) is 2. The second-order valence-corrected chi connectivity index (χ2v) is 6.87. The summed E-state index contributed by atoms with van der Waals surface area (Å²) in [5.41, 5.74) is 3.79. The summed E-state index contributed by atoms with van der Waals surface area (Å²) in [5, 5.41) is 21.2. The van der Waals surface area contributed by atoms with Crippen molar-refractivity contribution in [2.24, 2.45) is 0 Å². The van der Waals surface area contributed by atoms with Gasteiger partial charge in [0.2, 0.25) is 0 Å². The number of hydrogen-bond acceptors (Lipinski definition) is 5. The smallest absolute Gasteiger partial charge is 0.255 e. The van der Waals surface area contributed by atoms with Gasteiger partial charge in [0, 0.05) is 17.7 Å².